The number of benzene rings is 2. The highest BCUT2D eigenvalue weighted by atomic mass is 32.2. The van der Waals surface area contributed by atoms with Crippen molar-refractivity contribution in [1.82, 2.24) is 0 Å². The predicted molar refractivity (Wildman–Crippen MR) is 91.8 cm³/mol. The smallest absolute Gasteiger partial charge is 0.305 e. The van der Waals surface area contributed by atoms with Gasteiger partial charge >= 0.3 is 5.97 Å². The molecule has 0 spiro atoms. The molecule has 0 aromatic heterocycles. The molecule has 2 aromatic rings. The van der Waals surface area contributed by atoms with Crippen LogP contribution in [0, 0.1) is 0 Å². The lowest BCUT2D eigenvalue weighted by Crippen LogP contribution is -2.06. The molecule has 2 aromatic carbocycles. The van der Waals surface area contributed by atoms with Crippen molar-refractivity contribution in [3.8, 4) is 0 Å². The van der Waals surface area contributed by atoms with Gasteiger partial charge in [0.15, 0.2) is 0 Å². The van der Waals surface area contributed by atoms with Gasteiger partial charge in [-0.2, -0.15) is 0 Å². The van der Waals surface area contributed by atoms with Gasteiger partial charge in [-0.15, -0.1) is 11.8 Å². The highest BCUT2D eigenvalue weighted by molar-refractivity contribution is 7.99. The summed E-state index contributed by atoms with van der Waals surface area (Å²) in [6.45, 7) is 2.25. The van der Waals surface area contributed by atoms with Gasteiger partial charge < -0.3 is 10.5 Å². The molecule has 0 aliphatic rings. The zero-order valence-electron chi connectivity index (χ0n) is 12.7. The number of carbonyl (C=O) groups excluding carboxylic acids is 1. The maximum absolute atomic E-state index is 11.6. The van der Waals surface area contributed by atoms with E-state index in [1.165, 1.54) is 5.56 Å². The molecular formula is C18H21NO2S. The molecule has 4 heteroatoms. The minimum Gasteiger partial charge on any atom is -0.466 e. The van der Waals surface area contributed by atoms with Crippen LogP contribution in [0.4, 0.5) is 5.69 Å². The van der Waals surface area contributed by atoms with Crippen LogP contribution in [0.1, 0.15) is 30.6 Å². The molecule has 3 nitrogen and oxygen atoms in total. The lowest BCUT2D eigenvalue weighted by atomic mass is 10.1. The van der Waals surface area contributed by atoms with Gasteiger partial charge in [0.2, 0.25) is 0 Å². The topological polar surface area (TPSA) is 52.3 Å². The van der Waals surface area contributed by atoms with E-state index in [9.17, 15) is 4.79 Å². The van der Waals surface area contributed by atoms with Crippen molar-refractivity contribution in [3.05, 3.63) is 60.2 Å². The van der Waals surface area contributed by atoms with E-state index in [1.54, 1.807) is 11.8 Å². The third-order valence-corrected chi connectivity index (χ3v) is 4.69. The van der Waals surface area contributed by atoms with Crippen LogP contribution in [-0.2, 0) is 9.53 Å². The van der Waals surface area contributed by atoms with E-state index in [-0.39, 0.29) is 11.2 Å². The van der Waals surface area contributed by atoms with Crippen molar-refractivity contribution in [2.75, 3.05) is 12.3 Å². The standard InChI is InChI=1S/C18H21NO2S/c1-2-21-18(20)13-12-16(14-8-4-3-5-9-14)22-17-11-7-6-10-15(17)19/h3-11,16H,2,12-13,19H2,1H3/t16-/m1/s1. The molecule has 0 bridgehead atoms. The summed E-state index contributed by atoms with van der Waals surface area (Å²) < 4.78 is 5.03. The Morgan fingerprint density at radius 3 is 2.50 bits per heavy atom. The first kappa shape index (κ1) is 16.4. The highest BCUT2D eigenvalue weighted by Crippen LogP contribution is 2.40. The van der Waals surface area contributed by atoms with Crippen LogP contribution in [0.5, 0.6) is 0 Å². The number of anilines is 1. The fraction of sp³-hybridized carbons (Fsp3) is 0.278. The molecule has 0 saturated heterocycles. The Morgan fingerprint density at radius 1 is 1.14 bits per heavy atom. The molecule has 0 aliphatic heterocycles. The van der Waals surface area contributed by atoms with Gasteiger partial charge in [-0.3, -0.25) is 4.79 Å². The van der Waals surface area contributed by atoms with Gasteiger partial charge in [-0.05, 0) is 31.0 Å². The van der Waals surface area contributed by atoms with Crippen LogP contribution in [0.15, 0.2) is 59.5 Å². The Kier molecular flexibility index (Phi) is 6.34. The molecule has 116 valence electrons. The average molecular weight is 315 g/mol. The number of thioether (sulfide) groups is 1. The Hall–Kier alpha value is -1.94. The van der Waals surface area contributed by atoms with Gasteiger partial charge in [0.1, 0.15) is 0 Å². The Balaban J connectivity index is 2.12. The second-order valence-electron chi connectivity index (χ2n) is 4.90. The highest BCUT2D eigenvalue weighted by Gasteiger charge is 2.16. The molecule has 0 amide bonds. The second-order valence-corrected chi connectivity index (χ2v) is 6.14. The fourth-order valence-corrected chi connectivity index (χ4v) is 3.38. The number of rotatable bonds is 7. The molecule has 0 fully saturated rings. The molecule has 1 atom stereocenters. The van der Waals surface area contributed by atoms with E-state index in [0.717, 1.165) is 17.0 Å². The van der Waals surface area contributed by atoms with E-state index in [1.807, 2.05) is 49.4 Å². The predicted octanol–water partition coefficient (Wildman–Crippen LogP) is 4.45. The number of hydrogen-bond donors (Lipinski definition) is 1. The SMILES string of the molecule is CCOC(=O)CC[C@@H](Sc1ccccc1N)c1ccccc1. The fourth-order valence-electron chi connectivity index (χ4n) is 2.18. The zero-order chi connectivity index (χ0) is 15.8. The monoisotopic (exact) mass is 315 g/mol. The number of nitrogens with two attached hydrogens (primary N) is 1. The number of para-hydroxylation sites is 1. The van der Waals surface area contributed by atoms with Gasteiger partial charge in [-0.1, -0.05) is 42.5 Å². The maximum atomic E-state index is 11.6. The summed E-state index contributed by atoms with van der Waals surface area (Å²) in [5.41, 5.74) is 8.00. The molecule has 22 heavy (non-hydrogen) atoms. The average Bonchev–Trinajstić information content (AvgIpc) is 2.54. The number of nitrogen functional groups attached to an aromatic ring is 1. The third kappa shape index (κ3) is 4.81. The molecular weight excluding hydrogens is 294 g/mol. The number of hydrogen-bond acceptors (Lipinski definition) is 4. The summed E-state index contributed by atoms with van der Waals surface area (Å²) in [5.74, 6) is -0.148. The van der Waals surface area contributed by atoms with Crippen molar-refractivity contribution < 1.29 is 9.53 Å². The van der Waals surface area contributed by atoms with E-state index < -0.39 is 0 Å². The van der Waals surface area contributed by atoms with Crippen molar-refractivity contribution in [1.29, 1.82) is 0 Å². The van der Waals surface area contributed by atoms with Crippen LogP contribution in [-0.4, -0.2) is 12.6 Å². The van der Waals surface area contributed by atoms with Crippen LogP contribution in [0.3, 0.4) is 0 Å². The van der Waals surface area contributed by atoms with Crippen LogP contribution < -0.4 is 5.73 Å². The summed E-state index contributed by atoms with van der Waals surface area (Å²) in [4.78, 5) is 12.7. The van der Waals surface area contributed by atoms with Gasteiger partial charge in [0.25, 0.3) is 0 Å². The summed E-state index contributed by atoms with van der Waals surface area (Å²) in [7, 11) is 0. The molecule has 0 heterocycles. The first-order valence-electron chi connectivity index (χ1n) is 7.42. The Morgan fingerprint density at radius 2 is 1.82 bits per heavy atom. The number of esters is 1. The largest absolute Gasteiger partial charge is 0.466 e. The summed E-state index contributed by atoms with van der Waals surface area (Å²) in [6.07, 6.45) is 1.13. The van der Waals surface area contributed by atoms with Crippen LogP contribution in [0.25, 0.3) is 0 Å². The van der Waals surface area contributed by atoms with Crippen molar-refractivity contribution in [2.24, 2.45) is 0 Å². The van der Waals surface area contributed by atoms with Crippen molar-refractivity contribution >= 4 is 23.4 Å². The lowest BCUT2D eigenvalue weighted by molar-refractivity contribution is -0.143. The number of ether oxygens (including phenoxy) is 1. The van der Waals surface area contributed by atoms with Gasteiger partial charge in [0.05, 0.1) is 6.61 Å². The molecule has 2 N–H and O–H groups in total. The normalized spacial score (nSPS) is 11.9. The quantitative estimate of drug-likeness (QED) is 0.466. The Bertz CT molecular complexity index is 601. The van der Waals surface area contributed by atoms with Crippen LogP contribution in [0.2, 0.25) is 0 Å². The Labute approximate surface area is 135 Å². The van der Waals surface area contributed by atoms with E-state index >= 15 is 0 Å². The first-order chi connectivity index (χ1) is 10.7. The molecule has 0 aliphatic carbocycles. The van der Waals surface area contributed by atoms with E-state index in [2.05, 4.69) is 12.1 Å². The maximum Gasteiger partial charge on any atom is 0.305 e. The van der Waals surface area contributed by atoms with Crippen molar-refractivity contribution in [3.63, 3.8) is 0 Å². The second kappa shape index (κ2) is 8.49. The number of carbonyl (C=O) groups is 1. The minimum atomic E-state index is -0.148. The van der Waals surface area contributed by atoms with Crippen molar-refractivity contribution in [2.45, 2.75) is 29.9 Å². The molecule has 0 unspecified atom stereocenters. The molecule has 0 saturated carbocycles. The van der Waals surface area contributed by atoms with Gasteiger partial charge in [0, 0.05) is 22.3 Å². The molecule has 0 radical (unpaired) electrons. The molecule has 2 rings (SSSR count). The van der Waals surface area contributed by atoms with Crippen LogP contribution >= 0.6 is 11.8 Å². The zero-order valence-corrected chi connectivity index (χ0v) is 13.5. The lowest BCUT2D eigenvalue weighted by Gasteiger charge is -2.17. The first-order valence-corrected chi connectivity index (χ1v) is 8.30. The summed E-state index contributed by atoms with van der Waals surface area (Å²) in [6, 6.07) is 18.0. The summed E-state index contributed by atoms with van der Waals surface area (Å²) >= 11 is 1.70. The minimum absolute atomic E-state index is 0.148. The summed E-state index contributed by atoms with van der Waals surface area (Å²) in [5, 5.41) is 0.176. The van der Waals surface area contributed by atoms with E-state index in [0.29, 0.717) is 13.0 Å². The van der Waals surface area contributed by atoms with Gasteiger partial charge in [-0.25, -0.2) is 0 Å². The third-order valence-electron chi connectivity index (χ3n) is 3.28. The van der Waals surface area contributed by atoms with E-state index in [4.69, 9.17) is 10.5 Å².